The molecular weight excluding hydrogens is 284 g/mol. The molecule has 1 aromatic carbocycles. The van der Waals surface area contributed by atoms with Crippen molar-refractivity contribution in [3.05, 3.63) is 35.9 Å². The summed E-state index contributed by atoms with van der Waals surface area (Å²) in [5.74, 6) is 0.926. The number of nitrogens with zero attached hydrogens (tertiary/aromatic N) is 1. The molecule has 21 heavy (non-hydrogen) atoms. The van der Waals surface area contributed by atoms with E-state index in [4.69, 9.17) is 0 Å². The van der Waals surface area contributed by atoms with Gasteiger partial charge in [0.25, 0.3) is 0 Å². The van der Waals surface area contributed by atoms with E-state index in [9.17, 15) is 4.79 Å². The van der Waals surface area contributed by atoms with E-state index in [1.807, 2.05) is 25.2 Å². The Balaban J connectivity index is 0.00000220. The zero-order valence-electron chi connectivity index (χ0n) is 13.0. The molecule has 1 N–H and O–H groups in total. The van der Waals surface area contributed by atoms with Crippen LogP contribution in [-0.2, 0) is 4.79 Å². The van der Waals surface area contributed by atoms with E-state index in [0.29, 0.717) is 11.8 Å². The first-order valence-electron chi connectivity index (χ1n) is 7.74. The second-order valence-electron chi connectivity index (χ2n) is 5.72. The Morgan fingerprint density at radius 2 is 2.10 bits per heavy atom. The van der Waals surface area contributed by atoms with Crippen LogP contribution in [0.5, 0.6) is 0 Å². The summed E-state index contributed by atoms with van der Waals surface area (Å²) in [5, 5.41) is 3.23. The number of carbonyl (C=O) groups is 1. The van der Waals surface area contributed by atoms with E-state index in [-0.39, 0.29) is 18.3 Å². The lowest BCUT2D eigenvalue weighted by molar-refractivity contribution is -0.134. The van der Waals surface area contributed by atoms with Crippen LogP contribution in [0.15, 0.2) is 30.3 Å². The molecule has 1 aliphatic rings. The lowest BCUT2D eigenvalue weighted by Crippen LogP contribution is -2.44. The minimum Gasteiger partial charge on any atom is -0.342 e. The Morgan fingerprint density at radius 3 is 2.71 bits per heavy atom. The fourth-order valence-electron chi connectivity index (χ4n) is 3.18. The van der Waals surface area contributed by atoms with Crippen molar-refractivity contribution in [2.24, 2.45) is 5.92 Å². The highest BCUT2D eigenvalue weighted by molar-refractivity contribution is 5.85. The van der Waals surface area contributed by atoms with Crippen LogP contribution in [0.4, 0.5) is 0 Å². The van der Waals surface area contributed by atoms with Crippen LogP contribution < -0.4 is 5.32 Å². The van der Waals surface area contributed by atoms with Gasteiger partial charge in [-0.3, -0.25) is 4.79 Å². The van der Waals surface area contributed by atoms with E-state index in [0.717, 1.165) is 38.0 Å². The Hall–Kier alpha value is -1.06. The molecule has 1 heterocycles. The molecule has 1 aliphatic heterocycles. The van der Waals surface area contributed by atoms with Crippen molar-refractivity contribution in [1.29, 1.82) is 0 Å². The molecule has 0 spiro atoms. The smallest absolute Gasteiger partial charge is 0.230 e. The Labute approximate surface area is 134 Å². The van der Waals surface area contributed by atoms with Crippen LogP contribution in [-0.4, -0.2) is 37.5 Å². The van der Waals surface area contributed by atoms with Gasteiger partial charge in [0.05, 0.1) is 5.92 Å². The molecule has 2 rings (SSSR count). The standard InChI is InChI=1S/C17H26N2O.ClH/c1-3-16(15-9-5-4-6-10-15)17(20)19-11-7-8-14(13-19)12-18-2;/h4-6,9-10,14,16,18H,3,7-8,11-13H2,1-2H3;1H. The van der Waals surface area contributed by atoms with Gasteiger partial charge in [-0.2, -0.15) is 0 Å². The first-order valence-corrected chi connectivity index (χ1v) is 7.74. The summed E-state index contributed by atoms with van der Waals surface area (Å²) in [5.41, 5.74) is 1.15. The van der Waals surface area contributed by atoms with Gasteiger partial charge in [0.15, 0.2) is 0 Å². The van der Waals surface area contributed by atoms with Gasteiger partial charge in [0.2, 0.25) is 5.91 Å². The summed E-state index contributed by atoms with van der Waals surface area (Å²) in [6, 6.07) is 10.2. The lowest BCUT2D eigenvalue weighted by Gasteiger charge is -2.35. The Kier molecular flexibility index (Phi) is 7.76. The number of likely N-dealkylation sites (tertiary alicyclic amines) is 1. The molecule has 0 aromatic heterocycles. The number of piperidine rings is 1. The number of hydrogen-bond acceptors (Lipinski definition) is 2. The monoisotopic (exact) mass is 310 g/mol. The van der Waals surface area contributed by atoms with E-state index >= 15 is 0 Å². The SMILES string of the molecule is CCC(C(=O)N1CCCC(CNC)C1)c1ccccc1.Cl. The molecule has 118 valence electrons. The Bertz CT molecular complexity index is 422. The number of benzene rings is 1. The quantitative estimate of drug-likeness (QED) is 0.906. The fraction of sp³-hybridized carbons (Fsp3) is 0.588. The van der Waals surface area contributed by atoms with Crippen LogP contribution in [0.1, 0.15) is 37.7 Å². The second kappa shape index (κ2) is 9.06. The van der Waals surface area contributed by atoms with Gasteiger partial charge >= 0.3 is 0 Å². The minimum absolute atomic E-state index is 0. The maximum Gasteiger partial charge on any atom is 0.230 e. The van der Waals surface area contributed by atoms with E-state index in [1.54, 1.807) is 0 Å². The van der Waals surface area contributed by atoms with Crippen molar-refractivity contribution in [2.75, 3.05) is 26.7 Å². The number of halogens is 1. The van der Waals surface area contributed by atoms with Crippen LogP contribution in [0, 0.1) is 5.92 Å². The number of hydrogen-bond donors (Lipinski definition) is 1. The molecule has 4 heteroatoms. The largest absolute Gasteiger partial charge is 0.342 e. The normalized spacial score (nSPS) is 19.7. The van der Waals surface area contributed by atoms with Gasteiger partial charge in [0, 0.05) is 13.1 Å². The number of nitrogens with one attached hydrogen (secondary N) is 1. The predicted octanol–water partition coefficient (Wildman–Crippen LogP) is 3.06. The van der Waals surface area contributed by atoms with Crippen LogP contribution in [0.25, 0.3) is 0 Å². The maximum absolute atomic E-state index is 12.8. The molecular formula is C17H27ClN2O. The third-order valence-electron chi connectivity index (χ3n) is 4.23. The van der Waals surface area contributed by atoms with Crippen molar-refractivity contribution < 1.29 is 4.79 Å². The first kappa shape index (κ1) is 18.0. The zero-order chi connectivity index (χ0) is 14.4. The van der Waals surface area contributed by atoms with E-state index < -0.39 is 0 Å². The molecule has 1 amide bonds. The molecule has 2 unspecified atom stereocenters. The number of amides is 1. The molecule has 0 saturated carbocycles. The molecule has 1 saturated heterocycles. The summed E-state index contributed by atoms with van der Waals surface area (Å²) in [6.07, 6.45) is 3.23. The fourth-order valence-corrected chi connectivity index (χ4v) is 3.18. The highest BCUT2D eigenvalue weighted by atomic mass is 35.5. The van der Waals surface area contributed by atoms with Crippen molar-refractivity contribution in [1.82, 2.24) is 10.2 Å². The van der Waals surface area contributed by atoms with Crippen molar-refractivity contribution in [2.45, 2.75) is 32.1 Å². The van der Waals surface area contributed by atoms with Gasteiger partial charge in [-0.15, -0.1) is 12.4 Å². The third-order valence-corrected chi connectivity index (χ3v) is 4.23. The lowest BCUT2D eigenvalue weighted by atomic mass is 9.92. The topological polar surface area (TPSA) is 32.3 Å². The predicted molar refractivity (Wildman–Crippen MR) is 90.0 cm³/mol. The Morgan fingerprint density at radius 1 is 1.38 bits per heavy atom. The van der Waals surface area contributed by atoms with Gasteiger partial charge in [0.1, 0.15) is 0 Å². The average Bonchev–Trinajstić information content (AvgIpc) is 2.50. The van der Waals surface area contributed by atoms with Gasteiger partial charge in [-0.1, -0.05) is 37.3 Å². The molecule has 2 atom stereocenters. The summed E-state index contributed by atoms with van der Waals surface area (Å²) in [4.78, 5) is 14.9. The molecule has 0 bridgehead atoms. The van der Waals surface area contributed by atoms with E-state index in [1.165, 1.54) is 6.42 Å². The van der Waals surface area contributed by atoms with Crippen molar-refractivity contribution in [3.63, 3.8) is 0 Å². The zero-order valence-corrected chi connectivity index (χ0v) is 13.9. The van der Waals surface area contributed by atoms with Gasteiger partial charge in [-0.25, -0.2) is 0 Å². The van der Waals surface area contributed by atoms with Crippen LogP contribution in [0.2, 0.25) is 0 Å². The number of rotatable bonds is 5. The highest BCUT2D eigenvalue weighted by Crippen LogP contribution is 2.25. The van der Waals surface area contributed by atoms with E-state index in [2.05, 4.69) is 29.3 Å². The van der Waals surface area contributed by atoms with Gasteiger partial charge in [-0.05, 0) is 44.3 Å². The second-order valence-corrected chi connectivity index (χ2v) is 5.72. The minimum atomic E-state index is 0. The molecule has 0 radical (unpaired) electrons. The number of carbonyl (C=O) groups excluding carboxylic acids is 1. The van der Waals surface area contributed by atoms with Crippen molar-refractivity contribution >= 4 is 18.3 Å². The molecule has 0 aliphatic carbocycles. The highest BCUT2D eigenvalue weighted by Gasteiger charge is 2.28. The first-order chi connectivity index (χ1) is 9.76. The summed E-state index contributed by atoms with van der Waals surface area (Å²) < 4.78 is 0. The summed E-state index contributed by atoms with van der Waals surface area (Å²) in [7, 11) is 1.99. The maximum atomic E-state index is 12.8. The van der Waals surface area contributed by atoms with Crippen LogP contribution in [0.3, 0.4) is 0 Å². The molecule has 3 nitrogen and oxygen atoms in total. The van der Waals surface area contributed by atoms with Crippen LogP contribution >= 0.6 is 12.4 Å². The third kappa shape index (κ3) is 4.72. The molecule has 1 fully saturated rings. The molecule has 1 aromatic rings. The van der Waals surface area contributed by atoms with Gasteiger partial charge < -0.3 is 10.2 Å². The van der Waals surface area contributed by atoms with Crippen molar-refractivity contribution in [3.8, 4) is 0 Å². The summed E-state index contributed by atoms with van der Waals surface area (Å²) >= 11 is 0. The summed E-state index contributed by atoms with van der Waals surface area (Å²) in [6.45, 7) is 4.93. The average molecular weight is 311 g/mol.